The molecule has 0 bridgehead atoms. The lowest BCUT2D eigenvalue weighted by molar-refractivity contribution is -0.119. The second-order valence-electron chi connectivity index (χ2n) is 6.38. The molecule has 0 radical (unpaired) electrons. The predicted octanol–water partition coefficient (Wildman–Crippen LogP) is 3.61. The van der Waals surface area contributed by atoms with Gasteiger partial charge in [0.1, 0.15) is 12.4 Å². The van der Waals surface area contributed by atoms with Crippen molar-refractivity contribution in [1.82, 2.24) is 0 Å². The molecule has 146 valence electrons. The van der Waals surface area contributed by atoms with Crippen molar-refractivity contribution in [3.05, 3.63) is 70.7 Å². The standard InChI is InChI=1S/C21H21BrN2O4/c1-2-11-27-21(26)28-16-8-7-15(17(22)13-16)12-18(23)20(25)24-10-9-14-5-3-4-6-19(14)24/h2-8,13,18H,1,9-12,23H2. The van der Waals surface area contributed by atoms with E-state index in [9.17, 15) is 9.59 Å². The summed E-state index contributed by atoms with van der Waals surface area (Å²) in [6.07, 6.45) is 1.85. The minimum Gasteiger partial charge on any atom is -0.430 e. The fourth-order valence-corrected chi connectivity index (χ4v) is 3.62. The van der Waals surface area contributed by atoms with Crippen LogP contribution in [-0.4, -0.2) is 31.3 Å². The molecule has 7 heteroatoms. The molecule has 1 amide bonds. The van der Waals surface area contributed by atoms with Crippen LogP contribution in [0.15, 0.2) is 59.6 Å². The molecule has 2 N–H and O–H groups in total. The van der Waals surface area contributed by atoms with Crippen molar-refractivity contribution in [2.45, 2.75) is 18.9 Å². The summed E-state index contributed by atoms with van der Waals surface area (Å²) in [5.74, 6) is 0.225. The van der Waals surface area contributed by atoms with Crippen LogP contribution in [0.25, 0.3) is 0 Å². The van der Waals surface area contributed by atoms with E-state index in [1.54, 1.807) is 23.1 Å². The van der Waals surface area contributed by atoms with E-state index in [1.807, 2.05) is 24.3 Å². The summed E-state index contributed by atoms with van der Waals surface area (Å²) in [5.41, 5.74) is 9.14. The summed E-state index contributed by atoms with van der Waals surface area (Å²) in [7, 11) is 0. The van der Waals surface area contributed by atoms with Crippen LogP contribution in [-0.2, 0) is 22.4 Å². The number of nitrogens with two attached hydrogens (primary N) is 1. The summed E-state index contributed by atoms with van der Waals surface area (Å²) >= 11 is 3.45. The van der Waals surface area contributed by atoms with Crippen molar-refractivity contribution in [3.8, 4) is 5.75 Å². The van der Waals surface area contributed by atoms with Crippen LogP contribution in [0.4, 0.5) is 10.5 Å². The minimum absolute atomic E-state index is 0.0781. The van der Waals surface area contributed by atoms with Gasteiger partial charge in [-0.1, -0.05) is 52.9 Å². The Morgan fingerprint density at radius 2 is 2.07 bits per heavy atom. The number of ether oxygens (including phenoxy) is 2. The normalized spacial score (nSPS) is 13.6. The van der Waals surface area contributed by atoms with Gasteiger partial charge in [-0.3, -0.25) is 4.79 Å². The lowest BCUT2D eigenvalue weighted by Gasteiger charge is -2.22. The van der Waals surface area contributed by atoms with E-state index in [4.69, 9.17) is 15.2 Å². The average molecular weight is 445 g/mol. The molecule has 1 atom stereocenters. The highest BCUT2D eigenvalue weighted by atomic mass is 79.9. The molecule has 6 nitrogen and oxygen atoms in total. The van der Waals surface area contributed by atoms with Crippen molar-refractivity contribution in [2.24, 2.45) is 5.73 Å². The quantitative estimate of drug-likeness (QED) is 0.418. The number of hydrogen-bond donors (Lipinski definition) is 1. The molecule has 28 heavy (non-hydrogen) atoms. The lowest BCUT2D eigenvalue weighted by Crippen LogP contribution is -2.44. The van der Waals surface area contributed by atoms with Gasteiger partial charge in [0.05, 0.1) is 6.04 Å². The minimum atomic E-state index is -0.806. The van der Waals surface area contributed by atoms with Gasteiger partial charge in [0.15, 0.2) is 0 Å². The van der Waals surface area contributed by atoms with E-state index < -0.39 is 12.2 Å². The third-order valence-corrected chi connectivity index (χ3v) is 5.19. The van der Waals surface area contributed by atoms with E-state index in [2.05, 4.69) is 22.5 Å². The molecule has 1 heterocycles. The smallest absolute Gasteiger partial charge is 0.430 e. The Morgan fingerprint density at radius 1 is 1.29 bits per heavy atom. The van der Waals surface area contributed by atoms with E-state index >= 15 is 0 Å². The molecule has 1 aliphatic rings. The van der Waals surface area contributed by atoms with Gasteiger partial charge in [0.25, 0.3) is 0 Å². The number of nitrogens with zero attached hydrogens (tertiary/aromatic N) is 1. The molecule has 0 saturated carbocycles. The maximum absolute atomic E-state index is 12.8. The molecule has 1 unspecified atom stereocenters. The summed E-state index contributed by atoms with van der Waals surface area (Å²) in [5, 5.41) is 0. The number of para-hydroxylation sites is 1. The van der Waals surface area contributed by atoms with Gasteiger partial charge in [-0.15, -0.1) is 0 Å². The zero-order valence-corrected chi connectivity index (χ0v) is 16.9. The topological polar surface area (TPSA) is 81.9 Å². The molecule has 2 aromatic carbocycles. The number of carbonyl (C=O) groups excluding carboxylic acids is 2. The SMILES string of the molecule is C=CCOC(=O)Oc1ccc(CC(N)C(=O)N2CCc3ccccc32)c(Br)c1. The van der Waals surface area contributed by atoms with Crippen molar-refractivity contribution < 1.29 is 19.1 Å². The highest BCUT2D eigenvalue weighted by Crippen LogP contribution is 2.29. The van der Waals surface area contributed by atoms with E-state index in [1.165, 1.54) is 6.08 Å². The van der Waals surface area contributed by atoms with E-state index in [0.717, 1.165) is 23.2 Å². The van der Waals surface area contributed by atoms with Crippen molar-refractivity contribution >= 4 is 33.7 Å². The van der Waals surface area contributed by atoms with Crippen molar-refractivity contribution in [1.29, 1.82) is 0 Å². The van der Waals surface area contributed by atoms with Gasteiger partial charge in [0, 0.05) is 16.7 Å². The number of fused-ring (bicyclic) bond motifs is 1. The van der Waals surface area contributed by atoms with Gasteiger partial charge in [-0.2, -0.15) is 0 Å². The number of rotatable bonds is 6. The van der Waals surface area contributed by atoms with Gasteiger partial charge >= 0.3 is 6.16 Å². The number of halogens is 1. The zero-order valence-electron chi connectivity index (χ0n) is 15.3. The summed E-state index contributed by atoms with van der Waals surface area (Å²) in [4.78, 5) is 26.1. The number of benzene rings is 2. The Labute approximate surface area is 172 Å². The lowest BCUT2D eigenvalue weighted by atomic mass is 10.1. The van der Waals surface area contributed by atoms with Crippen LogP contribution in [0, 0.1) is 0 Å². The van der Waals surface area contributed by atoms with Gasteiger partial charge in [0.2, 0.25) is 5.91 Å². The first kappa shape index (κ1) is 20.1. The summed E-state index contributed by atoms with van der Waals surface area (Å²) in [6, 6.07) is 12.2. The molecule has 1 aliphatic heterocycles. The van der Waals surface area contributed by atoms with Gasteiger partial charge < -0.3 is 20.1 Å². The second-order valence-corrected chi connectivity index (χ2v) is 7.24. The average Bonchev–Trinajstić information content (AvgIpc) is 3.12. The molecule has 0 aromatic heterocycles. The van der Waals surface area contributed by atoms with E-state index in [0.29, 0.717) is 23.2 Å². The van der Waals surface area contributed by atoms with Crippen molar-refractivity contribution in [2.75, 3.05) is 18.1 Å². The summed E-state index contributed by atoms with van der Waals surface area (Å²) < 4.78 is 10.6. The molecule has 0 fully saturated rings. The second kappa shape index (κ2) is 9.03. The molecule has 3 rings (SSSR count). The van der Waals surface area contributed by atoms with Gasteiger partial charge in [-0.25, -0.2) is 4.79 Å². The number of amides is 1. The van der Waals surface area contributed by atoms with Crippen molar-refractivity contribution in [3.63, 3.8) is 0 Å². The van der Waals surface area contributed by atoms with E-state index in [-0.39, 0.29) is 12.5 Å². The predicted molar refractivity (Wildman–Crippen MR) is 110 cm³/mol. The van der Waals surface area contributed by atoms with Crippen LogP contribution in [0.1, 0.15) is 11.1 Å². The first-order chi connectivity index (χ1) is 13.5. The molecular weight excluding hydrogens is 424 g/mol. The highest BCUT2D eigenvalue weighted by molar-refractivity contribution is 9.10. The Hall–Kier alpha value is -2.64. The highest BCUT2D eigenvalue weighted by Gasteiger charge is 2.28. The largest absolute Gasteiger partial charge is 0.514 e. The molecular formula is C21H21BrN2O4. The number of hydrogen-bond acceptors (Lipinski definition) is 5. The summed E-state index contributed by atoms with van der Waals surface area (Å²) in [6.45, 7) is 4.19. The molecule has 0 spiro atoms. The fourth-order valence-electron chi connectivity index (χ4n) is 3.10. The van der Waals surface area contributed by atoms with Crippen LogP contribution in [0.5, 0.6) is 5.75 Å². The zero-order chi connectivity index (χ0) is 20.1. The molecule has 0 saturated heterocycles. The monoisotopic (exact) mass is 444 g/mol. The Kier molecular flexibility index (Phi) is 6.49. The maximum atomic E-state index is 12.8. The number of carbonyl (C=O) groups is 2. The Bertz CT molecular complexity index is 900. The third kappa shape index (κ3) is 4.61. The van der Waals surface area contributed by atoms with Crippen LogP contribution < -0.4 is 15.4 Å². The third-order valence-electron chi connectivity index (χ3n) is 4.45. The Balaban J connectivity index is 1.64. The van der Waals surface area contributed by atoms with Crippen LogP contribution in [0.3, 0.4) is 0 Å². The Morgan fingerprint density at radius 3 is 2.82 bits per heavy atom. The maximum Gasteiger partial charge on any atom is 0.514 e. The number of anilines is 1. The van der Waals surface area contributed by atoms with Gasteiger partial charge in [-0.05, 0) is 42.2 Å². The molecule has 0 aliphatic carbocycles. The first-order valence-corrected chi connectivity index (χ1v) is 9.67. The van der Waals surface area contributed by atoms with Crippen LogP contribution >= 0.6 is 15.9 Å². The molecule has 2 aromatic rings. The fraction of sp³-hybridized carbons (Fsp3) is 0.238. The first-order valence-electron chi connectivity index (χ1n) is 8.88. The van der Waals surface area contributed by atoms with Crippen LogP contribution in [0.2, 0.25) is 0 Å².